The van der Waals surface area contributed by atoms with Gasteiger partial charge in [-0.1, -0.05) is 0 Å². The Morgan fingerprint density at radius 2 is 2.29 bits per heavy atom. The highest BCUT2D eigenvalue weighted by Crippen LogP contribution is 2.20. The lowest BCUT2D eigenvalue weighted by Crippen LogP contribution is -2.26. The van der Waals surface area contributed by atoms with Crippen molar-refractivity contribution in [1.82, 2.24) is 20.1 Å². The zero-order chi connectivity index (χ0) is 15.0. The summed E-state index contributed by atoms with van der Waals surface area (Å²) < 4.78 is 0. The lowest BCUT2D eigenvalue weighted by atomic mass is 10.2. The molecule has 0 saturated carbocycles. The Balaban J connectivity index is 1.87. The van der Waals surface area contributed by atoms with E-state index in [4.69, 9.17) is 5.73 Å². The first-order chi connectivity index (χ1) is 10.0. The Hall–Kier alpha value is -2.41. The molecular formula is C14H15N5OS. The summed E-state index contributed by atoms with van der Waals surface area (Å²) in [5, 5.41) is 10.7. The highest BCUT2D eigenvalue weighted by atomic mass is 32.1. The van der Waals surface area contributed by atoms with E-state index in [9.17, 15) is 4.79 Å². The largest absolute Gasteiger partial charge is 0.399 e. The molecule has 0 atom stereocenters. The molecule has 0 aliphatic rings. The number of fused-ring (bicyclic) bond motifs is 1. The van der Waals surface area contributed by atoms with Gasteiger partial charge in [0.05, 0.1) is 22.8 Å². The van der Waals surface area contributed by atoms with Crippen LogP contribution in [0.3, 0.4) is 0 Å². The zero-order valence-electron chi connectivity index (χ0n) is 11.8. The van der Waals surface area contributed by atoms with Crippen molar-refractivity contribution in [3.8, 4) is 0 Å². The molecule has 2 heterocycles. The Morgan fingerprint density at radius 3 is 3.00 bits per heavy atom. The van der Waals surface area contributed by atoms with Gasteiger partial charge in [-0.2, -0.15) is 5.10 Å². The maximum absolute atomic E-state index is 12.5. The van der Waals surface area contributed by atoms with Crippen LogP contribution in [0.1, 0.15) is 21.2 Å². The van der Waals surface area contributed by atoms with Gasteiger partial charge in [0.2, 0.25) is 0 Å². The Kier molecular flexibility index (Phi) is 3.34. The molecule has 3 aromatic rings. The van der Waals surface area contributed by atoms with Gasteiger partial charge in [0.25, 0.3) is 5.91 Å². The van der Waals surface area contributed by atoms with Gasteiger partial charge in [0, 0.05) is 23.5 Å². The summed E-state index contributed by atoms with van der Waals surface area (Å²) in [5.74, 6) is -0.155. The number of nitrogens with zero attached hydrogens (tertiary/aromatic N) is 3. The molecule has 1 amide bonds. The van der Waals surface area contributed by atoms with Crippen molar-refractivity contribution < 1.29 is 4.79 Å². The molecular weight excluding hydrogens is 286 g/mol. The first kappa shape index (κ1) is 13.6. The molecule has 3 N–H and O–H groups in total. The second-order valence-corrected chi connectivity index (χ2v) is 5.96. The molecule has 108 valence electrons. The SMILES string of the molecule is Cc1nc(CN(C)C(=O)c2n[nH]c3ccc(N)cc23)cs1. The first-order valence-corrected chi connectivity index (χ1v) is 7.32. The number of thiazole rings is 1. The maximum Gasteiger partial charge on any atom is 0.275 e. The molecule has 0 saturated heterocycles. The predicted octanol–water partition coefficient (Wildman–Crippen LogP) is 2.18. The maximum atomic E-state index is 12.5. The van der Waals surface area contributed by atoms with E-state index in [-0.39, 0.29) is 5.91 Å². The van der Waals surface area contributed by atoms with Crippen LogP contribution in [0.25, 0.3) is 10.9 Å². The molecule has 1 aromatic carbocycles. The molecule has 7 heteroatoms. The van der Waals surface area contributed by atoms with Crippen LogP contribution >= 0.6 is 11.3 Å². The standard InChI is InChI=1S/C14H15N5OS/c1-8-16-10(7-21-8)6-19(2)14(20)13-11-5-9(15)3-4-12(11)17-18-13/h3-5,7H,6,15H2,1-2H3,(H,17,18). The number of aryl methyl sites for hydroxylation is 1. The topological polar surface area (TPSA) is 87.9 Å². The van der Waals surface area contributed by atoms with Gasteiger partial charge >= 0.3 is 0 Å². The van der Waals surface area contributed by atoms with Crippen LogP contribution in [0.2, 0.25) is 0 Å². The van der Waals surface area contributed by atoms with Crippen LogP contribution in [0.4, 0.5) is 5.69 Å². The molecule has 0 aliphatic carbocycles. The highest BCUT2D eigenvalue weighted by molar-refractivity contribution is 7.09. The smallest absolute Gasteiger partial charge is 0.275 e. The van der Waals surface area contributed by atoms with E-state index in [1.807, 2.05) is 18.4 Å². The summed E-state index contributed by atoms with van der Waals surface area (Å²) in [4.78, 5) is 18.5. The third kappa shape index (κ3) is 2.59. The molecule has 6 nitrogen and oxygen atoms in total. The molecule has 2 aromatic heterocycles. The Labute approximate surface area is 125 Å². The number of aromatic nitrogens is 3. The molecule has 3 rings (SSSR count). The van der Waals surface area contributed by atoms with E-state index in [1.54, 1.807) is 35.4 Å². The van der Waals surface area contributed by atoms with E-state index in [0.29, 0.717) is 17.9 Å². The number of amides is 1. The van der Waals surface area contributed by atoms with Crippen LogP contribution in [0.5, 0.6) is 0 Å². The van der Waals surface area contributed by atoms with Crippen LogP contribution < -0.4 is 5.73 Å². The number of carbonyl (C=O) groups excluding carboxylic acids is 1. The van der Waals surface area contributed by atoms with Crippen LogP contribution in [-0.2, 0) is 6.54 Å². The van der Waals surface area contributed by atoms with Crippen molar-refractivity contribution in [1.29, 1.82) is 0 Å². The van der Waals surface area contributed by atoms with Crippen molar-refractivity contribution >= 4 is 33.8 Å². The average Bonchev–Trinajstić information content (AvgIpc) is 3.04. The second kappa shape index (κ2) is 5.17. The van der Waals surface area contributed by atoms with E-state index in [1.165, 1.54) is 0 Å². The molecule has 0 radical (unpaired) electrons. The third-order valence-electron chi connectivity index (χ3n) is 3.20. The number of hydrogen-bond donors (Lipinski definition) is 2. The highest BCUT2D eigenvalue weighted by Gasteiger charge is 2.19. The zero-order valence-corrected chi connectivity index (χ0v) is 12.6. The number of hydrogen-bond acceptors (Lipinski definition) is 5. The minimum atomic E-state index is -0.155. The van der Waals surface area contributed by atoms with E-state index in [2.05, 4.69) is 15.2 Å². The van der Waals surface area contributed by atoms with Crippen LogP contribution in [-0.4, -0.2) is 33.0 Å². The van der Waals surface area contributed by atoms with Crippen molar-refractivity contribution in [3.63, 3.8) is 0 Å². The molecule has 0 spiro atoms. The third-order valence-corrected chi connectivity index (χ3v) is 4.02. The number of nitrogen functional groups attached to an aromatic ring is 1. The number of benzene rings is 1. The van der Waals surface area contributed by atoms with Gasteiger partial charge < -0.3 is 10.6 Å². The fourth-order valence-corrected chi connectivity index (χ4v) is 2.77. The van der Waals surface area contributed by atoms with Gasteiger partial charge in [-0.05, 0) is 25.1 Å². The van der Waals surface area contributed by atoms with Crippen molar-refractivity contribution in [2.75, 3.05) is 12.8 Å². The van der Waals surface area contributed by atoms with Crippen molar-refractivity contribution in [2.24, 2.45) is 0 Å². The summed E-state index contributed by atoms with van der Waals surface area (Å²) >= 11 is 1.57. The monoisotopic (exact) mass is 301 g/mol. The van der Waals surface area contributed by atoms with Gasteiger partial charge in [0.1, 0.15) is 0 Å². The van der Waals surface area contributed by atoms with Crippen LogP contribution in [0.15, 0.2) is 23.6 Å². The van der Waals surface area contributed by atoms with E-state index in [0.717, 1.165) is 21.6 Å². The van der Waals surface area contributed by atoms with E-state index >= 15 is 0 Å². The quantitative estimate of drug-likeness (QED) is 0.726. The fraction of sp³-hybridized carbons (Fsp3) is 0.214. The summed E-state index contributed by atoms with van der Waals surface area (Å²) in [6.45, 7) is 2.40. The Morgan fingerprint density at radius 1 is 1.48 bits per heavy atom. The van der Waals surface area contributed by atoms with Gasteiger partial charge in [-0.3, -0.25) is 9.89 Å². The lowest BCUT2D eigenvalue weighted by Gasteiger charge is -2.14. The van der Waals surface area contributed by atoms with Gasteiger partial charge in [-0.15, -0.1) is 11.3 Å². The first-order valence-electron chi connectivity index (χ1n) is 6.44. The Bertz CT molecular complexity index is 807. The number of rotatable bonds is 3. The number of anilines is 1. The summed E-state index contributed by atoms with van der Waals surface area (Å²) in [7, 11) is 1.74. The van der Waals surface area contributed by atoms with Gasteiger partial charge in [0.15, 0.2) is 5.69 Å². The average molecular weight is 301 g/mol. The lowest BCUT2D eigenvalue weighted by molar-refractivity contribution is 0.0779. The number of aromatic amines is 1. The van der Waals surface area contributed by atoms with Gasteiger partial charge in [-0.25, -0.2) is 4.98 Å². The summed E-state index contributed by atoms with van der Waals surface area (Å²) in [6.07, 6.45) is 0. The number of H-pyrrole nitrogens is 1. The molecule has 0 bridgehead atoms. The fourth-order valence-electron chi connectivity index (χ4n) is 2.17. The number of nitrogens with one attached hydrogen (secondary N) is 1. The molecule has 0 unspecified atom stereocenters. The summed E-state index contributed by atoms with van der Waals surface area (Å²) in [5.41, 5.74) is 8.45. The summed E-state index contributed by atoms with van der Waals surface area (Å²) in [6, 6.07) is 5.35. The molecule has 0 fully saturated rings. The predicted molar refractivity (Wildman–Crippen MR) is 83.2 cm³/mol. The molecule has 21 heavy (non-hydrogen) atoms. The van der Waals surface area contributed by atoms with E-state index < -0.39 is 0 Å². The van der Waals surface area contributed by atoms with Crippen molar-refractivity contribution in [3.05, 3.63) is 40.0 Å². The minimum Gasteiger partial charge on any atom is -0.399 e. The van der Waals surface area contributed by atoms with Crippen molar-refractivity contribution in [2.45, 2.75) is 13.5 Å². The second-order valence-electron chi connectivity index (χ2n) is 4.90. The minimum absolute atomic E-state index is 0.155. The molecule has 0 aliphatic heterocycles. The number of nitrogens with two attached hydrogens (primary N) is 1. The van der Waals surface area contributed by atoms with Crippen LogP contribution in [0, 0.1) is 6.92 Å². The normalized spacial score (nSPS) is 11.0. The number of carbonyl (C=O) groups is 1.